The van der Waals surface area contributed by atoms with Crippen LogP contribution in [-0.4, -0.2) is 15.6 Å². The molecule has 16 heavy (non-hydrogen) atoms. The molecular formula is C12H10ClNO2. The summed E-state index contributed by atoms with van der Waals surface area (Å²) in [5.74, 6) is -0.868. The largest absolute Gasteiger partial charge is 0.477 e. The van der Waals surface area contributed by atoms with Gasteiger partial charge in [0, 0.05) is 11.9 Å². The van der Waals surface area contributed by atoms with Gasteiger partial charge in [0.05, 0.1) is 5.52 Å². The molecule has 1 aliphatic rings. The smallest absolute Gasteiger partial charge is 0.352 e. The van der Waals surface area contributed by atoms with Gasteiger partial charge >= 0.3 is 5.97 Å². The number of hydrogen-bond donors (Lipinski definition) is 1. The Hall–Kier alpha value is -1.74. The summed E-state index contributed by atoms with van der Waals surface area (Å²) >= 11 is 0. The highest BCUT2D eigenvalue weighted by Crippen LogP contribution is 2.27. The SMILES string of the molecule is Cl.O=C(O)c1cc2cccc3c2n1CC=C3. The Morgan fingerprint density at radius 1 is 1.38 bits per heavy atom. The Bertz CT molecular complexity index is 598. The van der Waals surface area contributed by atoms with Gasteiger partial charge in [-0.3, -0.25) is 0 Å². The van der Waals surface area contributed by atoms with Crippen LogP contribution in [0.2, 0.25) is 0 Å². The lowest BCUT2D eigenvalue weighted by molar-refractivity contribution is 0.0686. The molecule has 2 aromatic rings. The van der Waals surface area contributed by atoms with Crippen molar-refractivity contribution < 1.29 is 9.90 Å². The summed E-state index contributed by atoms with van der Waals surface area (Å²) < 4.78 is 1.84. The van der Waals surface area contributed by atoms with E-state index in [2.05, 4.69) is 0 Å². The third kappa shape index (κ3) is 1.32. The number of aromatic carboxylic acids is 1. The van der Waals surface area contributed by atoms with Crippen molar-refractivity contribution in [2.24, 2.45) is 0 Å². The van der Waals surface area contributed by atoms with Crippen molar-refractivity contribution >= 4 is 35.4 Å². The zero-order valence-corrected chi connectivity index (χ0v) is 9.20. The first-order chi connectivity index (χ1) is 7.27. The number of carboxylic acids is 1. The molecule has 1 aromatic carbocycles. The van der Waals surface area contributed by atoms with Crippen molar-refractivity contribution in [1.29, 1.82) is 0 Å². The fourth-order valence-electron chi connectivity index (χ4n) is 2.14. The summed E-state index contributed by atoms with van der Waals surface area (Å²) in [7, 11) is 0. The van der Waals surface area contributed by atoms with Gasteiger partial charge in [0.15, 0.2) is 0 Å². The van der Waals surface area contributed by atoms with Crippen molar-refractivity contribution in [1.82, 2.24) is 4.57 Å². The molecule has 0 fully saturated rings. The Morgan fingerprint density at radius 3 is 2.94 bits per heavy atom. The van der Waals surface area contributed by atoms with Gasteiger partial charge in [-0.1, -0.05) is 30.4 Å². The quantitative estimate of drug-likeness (QED) is 0.826. The molecule has 0 atom stereocenters. The number of halogens is 1. The summed E-state index contributed by atoms with van der Waals surface area (Å²) in [4.78, 5) is 11.0. The molecule has 2 heterocycles. The lowest BCUT2D eigenvalue weighted by Crippen LogP contribution is -2.09. The van der Waals surface area contributed by atoms with Crippen molar-refractivity contribution in [3.8, 4) is 0 Å². The average molecular weight is 236 g/mol. The van der Waals surface area contributed by atoms with Crippen molar-refractivity contribution in [2.45, 2.75) is 6.54 Å². The summed E-state index contributed by atoms with van der Waals surface area (Å²) in [6.07, 6.45) is 4.02. The maximum absolute atomic E-state index is 11.0. The molecule has 0 amide bonds. The monoisotopic (exact) mass is 235 g/mol. The molecule has 4 heteroatoms. The molecule has 1 N–H and O–H groups in total. The molecule has 0 bridgehead atoms. The standard InChI is InChI=1S/C12H9NO2.ClH/c14-12(15)10-7-9-4-1-3-8-5-2-6-13(10)11(8)9;/h1-5,7H,6H2,(H,14,15);1H. The number of carboxylic acid groups (broad SMARTS) is 1. The van der Waals surface area contributed by atoms with Crippen molar-refractivity contribution in [3.63, 3.8) is 0 Å². The van der Waals surface area contributed by atoms with Crippen LogP contribution in [-0.2, 0) is 6.54 Å². The minimum atomic E-state index is -0.868. The minimum absolute atomic E-state index is 0. The average Bonchev–Trinajstić information content (AvgIpc) is 2.61. The van der Waals surface area contributed by atoms with E-state index < -0.39 is 5.97 Å². The van der Waals surface area contributed by atoms with Gasteiger partial charge < -0.3 is 9.67 Å². The van der Waals surface area contributed by atoms with Crippen LogP contribution in [0.4, 0.5) is 0 Å². The lowest BCUT2D eigenvalue weighted by Gasteiger charge is -2.11. The van der Waals surface area contributed by atoms with E-state index in [0.29, 0.717) is 12.2 Å². The Kier molecular flexibility index (Phi) is 2.48. The van der Waals surface area contributed by atoms with Crippen LogP contribution in [0.25, 0.3) is 17.0 Å². The summed E-state index contributed by atoms with van der Waals surface area (Å²) in [6.45, 7) is 0.641. The molecule has 0 saturated heterocycles. The highest BCUT2D eigenvalue weighted by molar-refractivity contribution is 5.98. The van der Waals surface area contributed by atoms with Gasteiger partial charge in [0.1, 0.15) is 5.69 Å². The number of para-hydroxylation sites is 1. The highest BCUT2D eigenvalue weighted by Gasteiger charge is 2.16. The normalized spacial score (nSPS) is 12.5. The van der Waals surface area contributed by atoms with Crippen LogP contribution in [0, 0.1) is 0 Å². The zero-order chi connectivity index (χ0) is 10.4. The number of hydrogen-bond acceptors (Lipinski definition) is 1. The number of carbonyl (C=O) groups is 1. The number of nitrogens with zero attached hydrogens (tertiary/aromatic N) is 1. The molecule has 0 radical (unpaired) electrons. The van der Waals surface area contributed by atoms with Crippen LogP contribution in [0.15, 0.2) is 30.3 Å². The minimum Gasteiger partial charge on any atom is -0.477 e. The molecule has 1 aromatic heterocycles. The maximum atomic E-state index is 11.0. The number of rotatable bonds is 1. The van der Waals surface area contributed by atoms with Crippen molar-refractivity contribution in [2.75, 3.05) is 0 Å². The van der Waals surface area contributed by atoms with Gasteiger partial charge in [-0.2, -0.15) is 0 Å². The summed E-state index contributed by atoms with van der Waals surface area (Å²) in [5, 5.41) is 10.1. The van der Waals surface area contributed by atoms with E-state index in [-0.39, 0.29) is 12.4 Å². The second kappa shape index (κ2) is 3.68. The fourth-order valence-corrected chi connectivity index (χ4v) is 2.14. The molecule has 0 saturated carbocycles. The summed E-state index contributed by atoms with van der Waals surface area (Å²) in [5.41, 5.74) is 2.48. The molecule has 0 aliphatic carbocycles. The molecule has 1 aliphatic heterocycles. The molecule has 3 nitrogen and oxygen atoms in total. The first kappa shape index (κ1) is 10.8. The fraction of sp³-hybridized carbons (Fsp3) is 0.0833. The van der Waals surface area contributed by atoms with Gasteiger partial charge in [-0.15, -0.1) is 12.4 Å². The van der Waals surface area contributed by atoms with Gasteiger partial charge in [-0.05, 0) is 11.6 Å². The molecule has 3 rings (SSSR count). The van der Waals surface area contributed by atoms with E-state index in [1.54, 1.807) is 6.07 Å². The second-order valence-corrected chi connectivity index (χ2v) is 3.63. The van der Waals surface area contributed by atoms with Gasteiger partial charge in [-0.25, -0.2) is 4.79 Å². The Balaban J connectivity index is 0.000000963. The van der Waals surface area contributed by atoms with Gasteiger partial charge in [0.25, 0.3) is 0 Å². The molecule has 82 valence electrons. The van der Waals surface area contributed by atoms with E-state index in [9.17, 15) is 4.79 Å². The van der Waals surface area contributed by atoms with E-state index in [4.69, 9.17) is 5.11 Å². The van der Waals surface area contributed by atoms with E-state index >= 15 is 0 Å². The van der Waals surface area contributed by atoms with Crippen LogP contribution in [0.5, 0.6) is 0 Å². The molecule has 0 spiro atoms. The predicted octanol–water partition coefficient (Wildman–Crippen LogP) is 2.79. The van der Waals surface area contributed by atoms with Crippen LogP contribution in [0.3, 0.4) is 0 Å². The summed E-state index contributed by atoms with van der Waals surface area (Å²) in [6, 6.07) is 7.62. The number of benzene rings is 1. The predicted molar refractivity (Wildman–Crippen MR) is 65.2 cm³/mol. The lowest BCUT2D eigenvalue weighted by atomic mass is 10.1. The van der Waals surface area contributed by atoms with Crippen LogP contribution < -0.4 is 0 Å². The maximum Gasteiger partial charge on any atom is 0.352 e. The topological polar surface area (TPSA) is 42.2 Å². The Morgan fingerprint density at radius 2 is 2.19 bits per heavy atom. The van der Waals surface area contributed by atoms with E-state index in [1.165, 1.54) is 0 Å². The number of aromatic nitrogens is 1. The van der Waals surface area contributed by atoms with Crippen LogP contribution in [0.1, 0.15) is 16.1 Å². The first-order valence-corrected chi connectivity index (χ1v) is 4.79. The van der Waals surface area contributed by atoms with Gasteiger partial charge in [0.2, 0.25) is 0 Å². The van der Waals surface area contributed by atoms with E-state index in [0.717, 1.165) is 16.5 Å². The van der Waals surface area contributed by atoms with Crippen molar-refractivity contribution in [3.05, 3.63) is 41.6 Å². The third-order valence-electron chi connectivity index (χ3n) is 2.76. The number of allylic oxidation sites excluding steroid dienone is 1. The molecule has 0 unspecified atom stereocenters. The zero-order valence-electron chi connectivity index (χ0n) is 8.38. The highest BCUT2D eigenvalue weighted by atomic mass is 35.5. The van der Waals surface area contributed by atoms with E-state index in [1.807, 2.05) is 34.9 Å². The van der Waals surface area contributed by atoms with Crippen LogP contribution >= 0.6 is 12.4 Å². The Labute approximate surface area is 98.4 Å². The third-order valence-corrected chi connectivity index (χ3v) is 2.76. The first-order valence-electron chi connectivity index (χ1n) is 4.79. The second-order valence-electron chi connectivity index (χ2n) is 3.63. The molecular weight excluding hydrogens is 226 g/mol.